The van der Waals surface area contributed by atoms with Gasteiger partial charge in [-0.3, -0.25) is 4.55 Å². The summed E-state index contributed by atoms with van der Waals surface area (Å²) in [4.78, 5) is 19.8. The molecule has 2 rings (SSSR count). The molecule has 2 saturated heterocycles. The van der Waals surface area contributed by atoms with Gasteiger partial charge in [0.2, 0.25) is 0 Å². The third kappa shape index (κ3) is 5.58. The van der Waals surface area contributed by atoms with Gasteiger partial charge in [0, 0.05) is 0 Å². The summed E-state index contributed by atoms with van der Waals surface area (Å²) in [5.41, 5.74) is 0. The maximum absolute atomic E-state index is 9.96. The topological polar surface area (TPSA) is 154 Å². The number of epoxide rings is 2. The van der Waals surface area contributed by atoms with Crippen LogP contribution < -0.4 is 0 Å². The minimum atomic E-state index is -3.79. The zero-order chi connectivity index (χ0) is 13.2. The second-order valence-corrected chi connectivity index (χ2v) is 4.85. The highest BCUT2D eigenvalue weighted by Crippen LogP contribution is 2.21. The Kier molecular flexibility index (Phi) is 4.03. The molecule has 3 N–H and O–H groups in total. The molecule has 2 aliphatic heterocycles. The van der Waals surface area contributed by atoms with Crippen molar-refractivity contribution in [2.45, 2.75) is 18.3 Å². The molecule has 0 aromatic heterocycles. The average Bonchev–Trinajstić information content (AvgIpc) is 2.95. The molecule has 0 amide bonds. The van der Waals surface area contributed by atoms with Gasteiger partial charge < -0.3 is 19.7 Å². The van der Waals surface area contributed by atoms with E-state index in [9.17, 15) is 18.0 Å². The predicted molar refractivity (Wildman–Crippen MR) is 50.1 cm³/mol. The fraction of sp³-hybridized carbons (Fsp3) is 0.714. The normalized spacial score (nSPS) is 29.8. The number of carboxylic acid groups (broad SMARTS) is 2. The molecule has 17 heavy (non-hydrogen) atoms. The van der Waals surface area contributed by atoms with Crippen LogP contribution in [-0.2, 0) is 29.2 Å². The van der Waals surface area contributed by atoms with E-state index in [1.807, 2.05) is 0 Å². The number of carbonyl (C=O) groups is 2. The van der Waals surface area contributed by atoms with E-state index < -0.39 is 34.3 Å². The molecule has 3 atom stereocenters. The van der Waals surface area contributed by atoms with E-state index >= 15 is 0 Å². The lowest BCUT2D eigenvalue weighted by Crippen LogP contribution is -2.14. The quantitative estimate of drug-likeness (QED) is 0.396. The van der Waals surface area contributed by atoms with Gasteiger partial charge in [-0.2, -0.15) is 8.42 Å². The number of ether oxygens (including phenoxy) is 2. The maximum Gasteiger partial charge on any atom is 0.336 e. The molecule has 0 saturated carbocycles. The van der Waals surface area contributed by atoms with Crippen molar-refractivity contribution < 1.29 is 42.2 Å². The van der Waals surface area contributed by atoms with Crippen molar-refractivity contribution in [3.8, 4) is 0 Å². The Morgan fingerprint density at radius 3 is 1.71 bits per heavy atom. The monoisotopic (exact) mass is 270 g/mol. The predicted octanol–water partition coefficient (Wildman–Crippen LogP) is -1.80. The lowest BCUT2D eigenvalue weighted by Gasteiger charge is -1.86. The second kappa shape index (κ2) is 4.96. The fourth-order valence-corrected chi connectivity index (χ4v) is 1.55. The van der Waals surface area contributed by atoms with Crippen LogP contribution in [0.5, 0.6) is 0 Å². The van der Waals surface area contributed by atoms with E-state index in [-0.39, 0.29) is 11.9 Å². The smallest absolute Gasteiger partial charge is 0.336 e. The molecule has 10 heteroatoms. The van der Waals surface area contributed by atoms with Crippen molar-refractivity contribution in [2.75, 3.05) is 12.4 Å². The van der Waals surface area contributed by atoms with Gasteiger partial charge in [0.1, 0.15) is 5.75 Å². The molecular formula is C7H10O9S. The van der Waals surface area contributed by atoms with Crippen molar-refractivity contribution in [1.29, 1.82) is 0 Å². The van der Waals surface area contributed by atoms with Crippen molar-refractivity contribution in [1.82, 2.24) is 0 Å². The number of hydrogen-bond donors (Lipinski definition) is 3. The summed E-state index contributed by atoms with van der Waals surface area (Å²) in [7, 11) is -3.79. The molecule has 0 radical (unpaired) electrons. The molecule has 0 bridgehead atoms. The highest BCUT2D eigenvalue weighted by atomic mass is 32.2. The van der Waals surface area contributed by atoms with Crippen LogP contribution >= 0.6 is 0 Å². The van der Waals surface area contributed by atoms with Gasteiger partial charge in [0.25, 0.3) is 10.1 Å². The third-order valence-electron chi connectivity index (χ3n) is 1.78. The lowest BCUT2D eigenvalue weighted by molar-refractivity contribution is -0.140. The molecular weight excluding hydrogens is 260 g/mol. The molecule has 98 valence electrons. The fourth-order valence-electron chi connectivity index (χ4n) is 0.887. The first-order valence-electron chi connectivity index (χ1n) is 4.38. The molecule has 0 aromatic rings. The zero-order valence-corrected chi connectivity index (χ0v) is 9.16. The van der Waals surface area contributed by atoms with Gasteiger partial charge in [-0.25, -0.2) is 9.59 Å². The van der Waals surface area contributed by atoms with Gasteiger partial charge in [0.05, 0.1) is 12.7 Å². The van der Waals surface area contributed by atoms with Gasteiger partial charge in [-0.1, -0.05) is 0 Å². The summed E-state index contributed by atoms with van der Waals surface area (Å²) < 4.78 is 36.8. The first-order chi connectivity index (χ1) is 7.70. The zero-order valence-electron chi connectivity index (χ0n) is 8.35. The van der Waals surface area contributed by atoms with Crippen LogP contribution in [0.3, 0.4) is 0 Å². The van der Waals surface area contributed by atoms with E-state index in [4.69, 9.17) is 14.8 Å². The van der Waals surface area contributed by atoms with Crippen LogP contribution in [0, 0.1) is 0 Å². The summed E-state index contributed by atoms with van der Waals surface area (Å²) in [6, 6.07) is 0. The van der Waals surface area contributed by atoms with Crippen molar-refractivity contribution >= 4 is 22.1 Å². The van der Waals surface area contributed by atoms with Crippen LogP contribution in [-0.4, -0.2) is 65.8 Å². The van der Waals surface area contributed by atoms with Gasteiger partial charge in [-0.15, -0.1) is 0 Å². The molecule has 2 aliphatic rings. The highest BCUT2D eigenvalue weighted by Gasteiger charge is 2.50. The Morgan fingerprint density at radius 2 is 1.59 bits per heavy atom. The minimum Gasteiger partial charge on any atom is -0.479 e. The molecule has 2 fully saturated rings. The largest absolute Gasteiger partial charge is 0.479 e. The molecule has 3 unspecified atom stereocenters. The van der Waals surface area contributed by atoms with E-state index in [2.05, 4.69) is 9.47 Å². The van der Waals surface area contributed by atoms with Crippen molar-refractivity contribution in [3.63, 3.8) is 0 Å². The van der Waals surface area contributed by atoms with Gasteiger partial charge >= 0.3 is 11.9 Å². The molecule has 0 aromatic carbocycles. The average molecular weight is 270 g/mol. The summed E-state index contributed by atoms with van der Waals surface area (Å²) >= 11 is 0. The van der Waals surface area contributed by atoms with Gasteiger partial charge in [0.15, 0.2) is 12.2 Å². The second-order valence-electron chi connectivity index (χ2n) is 3.36. The van der Waals surface area contributed by atoms with Crippen LogP contribution in [0.2, 0.25) is 0 Å². The van der Waals surface area contributed by atoms with E-state index in [0.29, 0.717) is 6.61 Å². The Morgan fingerprint density at radius 1 is 1.18 bits per heavy atom. The molecule has 0 spiro atoms. The number of aliphatic carboxylic acids is 2. The Labute approximate surface area is 95.7 Å². The summed E-state index contributed by atoms with van der Waals surface area (Å²) in [5.74, 6) is -2.70. The van der Waals surface area contributed by atoms with Crippen LogP contribution in [0.1, 0.15) is 0 Å². The Hall–Kier alpha value is -1.23. The van der Waals surface area contributed by atoms with E-state index in [1.54, 1.807) is 0 Å². The number of carboxylic acids is 2. The van der Waals surface area contributed by atoms with Crippen molar-refractivity contribution in [2.24, 2.45) is 0 Å². The highest BCUT2D eigenvalue weighted by molar-refractivity contribution is 7.85. The standard InChI is InChI=1S/C4H4O5.C3H6O4S/c5-3(6)1-2(9-1)4(7)8;4-8(5,6)2-3-1-7-3/h1-2H,(H,5,6)(H,7,8);3H,1-2H2,(H,4,5,6). The van der Waals surface area contributed by atoms with E-state index in [1.165, 1.54) is 0 Å². The summed E-state index contributed by atoms with van der Waals surface area (Å²) in [5, 5.41) is 16.2. The lowest BCUT2D eigenvalue weighted by atomic mass is 10.3. The van der Waals surface area contributed by atoms with Crippen LogP contribution in [0.25, 0.3) is 0 Å². The van der Waals surface area contributed by atoms with Crippen molar-refractivity contribution in [3.05, 3.63) is 0 Å². The summed E-state index contributed by atoms with van der Waals surface area (Å²) in [6.07, 6.45) is -2.49. The molecule has 2 heterocycles. The SMILES string of the molecule is O=C(O)C1OC1C(=O)O.O=S(=O)(O)CC1CO1. The maximum atomic E-state index is 9.96. The van der Waals surface area contributed by atoms with Crippen LogP contribution in [0.4, 0.5) is 0 Å². The first kappa shape index (κ1) is 13.8. The Bertz CT molecular complexity index is 391. The van der Waals surface area contributed by atoms with Crippen LogP contribution in [0.15, 0.2) is 0 Å². The third-order valence-corrected chi connectivity index (χ3v) is 2.57. The molecule has 0 aliphatic carbocycles. The van der Waals surface area contributed by atoms with E-state index in [0.717, 1.165) is 0 Å². The number of hydrogen-bond acceptors (Lipinski definition) is 6. The minimum absolute atomic E-state index is 0.245. The number of rotatable bonds is 4. The molecule has 9 nitrogen and oxygen atoms in total. The first-order valence-corrected chi connectivity index (χ1v) is 5.99. The van der Waals surface area contributed by atoms with Gasteiger partial charge in [-0.05, 0) is 0 Å². The summed E-state index contributed by atoms with van der Waals surface area (Å²) in [6.45, 7) is 0.458. The Balaban J connectivity index is 0.000000171.